The number of hydrogen-bond acceptors (Lipinski definition) is 10. The average Bonchev–Trinajstić information content (AvgIpc) is 3.99. The monoisotopic (exact) mass is 920 g/mol. The smallest absolute Gasteiger partial charge is 0.151 e. The molecular weight excluding hydrogens is 849 g/mol. The third-order valence-corrected chi connectivity index (χ3v) is 23.0. The summed E-state index contributed by atoms with van der Waals surface area (Å²) in [5, 5.41) is 20.4. The zero-order valence-corrected chi connectivity index (χ0v) is 43.1. The summed E-state index contributed by atoms with van der Waals surface area (Å²) >= 11 is 0. The first-order valence-electron chi connectivity index (χ1n) is 22.9. The van der Waals surface area contributed by atoms with E-state index in [2.05, 4.69) is 116 Å². The summed E-state index contributed by atoms with van der Waals surface area (Å²) in [7, 11) is -5.66. The van der Waals surface area contributed by atoms with E-state index >= 15 is 0 Å². The van der Waals surface area contributed by atoms with E-state index in [1.165, 1.54) is 11.1 Å². The number of epoxide rings is 2. The molecular formula is C48H72N4O6S2Si2. The number of ether oxygens (including phenoxy) is 2. The Labute approximate surface area is 375 Å². The van der Waals surface area contributed by atoms with Gasteiger partial charge < -0.3 is 19.3 Å². The van der Waals surface area contributed by atoms with Crippen LogP contribution in [0.3, 0.4) is 0 Å². The Hall–Kier alpha value is -2.73. The van der Waals surface area contributed by atoms with Crippen LogP contribution in [0.1, 0.15) is 100 Å². The average molecular weight is 921 g/mol. The Bertz CT molecular complexity index is 2210. The van der Waals surface area contributed by atoms with Gasteiger partial charge in [0.2, 0.25) is 0 Å². The highest BCUT2D eigenvalue weighted by Crippen LogP contribution is 2.59. The number of benzene rings is 2. The first-order valence-corrected chi connectivity index (χ1v) is 34.0. The largest absolute Gasteiger partial charge is 0.366 e. The molecule has 14 heteroatoms. The number of nitrogens with zero attached hydrogens (tertiary/aromatic N) is 4. The van der Waals surface area contributed by atoms with Crippen molar-refractivity contribution in [2.24, 2.45) is 0 Å². The first kappa shape index (κ1) is 47.2. The molecule has 6 aliphatic rings. The lowest BCUT2D eigenvalue weighted by atomic mass is 9.74. The molecule has 0 radical (unpaired) electrons. The van der Waals surface area contributed by atoms with Gasteiger partial charge >= 0.3 is 0 Å². The summed E-state index contributed by atoms with van der Waals surface area (Å²) in [5.74, 6) is 1.10. The van der Waals surface area contributed by atoms with Crippen molar-refractivity contribution >= 4 is 47.2 Å². The number of hydrogen-bond donors (Lipinski definition) is 0. The molecule has 8 rings (SSSR count). The molecule has 340 valence electrons. The van der Waals surface area contributed by atoms with E-state index in [0.29, 0.717) is 0 Å². The highest BCUT2D eigenvalue weighted by molar-refractivity contribution is 7.91. The second kappa shape index (κ2) is 16.0. The van der Waals surface area contributed by atoms with Crippen LogP contribution in [0.5, 0.6) is 0 Å². The SMILES string of the molecule is CN1c2cccc3c2[C@@](CS(=O)(=O)CC[Si](C)(C)C)(CCC[C@@H]3[C@H]2OC2(C)C)[C@H]1C#N.CN1c2cccc3c2[C@@](CS(=O)(=O)CC[Si](C)(C)C)(CCC[C@@H]3[C@H]2OC2(C)C)[C@H]1C#N. The van der Waals surface area contributed by atoms with Gasteiger partial charge in [0, 0.05) is 75.8 Å². The number of anilines is 2. The van der Waals surface area contributed by atoms with E-state index in [-0.39, 0.29) is 58.3 Å². The van der Waals surface area contributed by atoms with E-state index in [0.717, 1.165) is 73.1 Å². The molecule has 4 heterocycles. The van der Waals surface area contributed by atoms with Crippen LogP contribution >= 0.6 is 0 Å². The van der Waals surface area contributed by atoms with Crippen LogP contribution in [-0.4, -0.2) is 106 Å². The zero-order valence-electron chi connectivity index (χ0n) is 39.5. The van der Waals surface area contributed by atoms with Gasteiger partial charge in [-0.25, -0.2) is 16.8 Å². The minimum atomic E-state index is -3.30. The molecule has 0 bridgehead atoms. The van der Waals surface area contributed by atoms with Gasteiger partial charge in [-0.3, -0.25) is 0 Å². The third-order valence-electron chi connectivity index (χ3n) is 15.2. The maximum Gasteiger partial charge on any atom is 0.151 e. The molecule has 0 saturated carbocycles. The van der Waals surface area contributed by atoms with E-state index in [4.69, 9.17) is 9.47 Å². The predicted molar refractivity (Wildman–Crippen MR) is 257 cm³/mol. The molecule has 0 amide bonds. The Kier molecular flexibility index (Phi) is 12.2. The summed E-state index contributed by atoms with van der Waals surface area (Å²) in [4.78, 5) is 4.04. The van der Waals surface area contributed by atoms with Gasteiger partial charge in [-0.05, 0) is 99.9 Å². The Morgan fingerprint density at radius 2 is 0.984 bits per heavy atom. The van der Waals surface area contributed by atoms with Crippen LogP contribution in [-0.2, 0) is 40.0 Å². The van der Waals surface area contributed by atoms with Crippen molar-refractivity contribution < 1.29 is 26.3 Å². The summed E-state index contributed by atoms with van der Waals surface area (Å²) in [6.07, 6.45) is 5.54. The highest BCUT2D eigenvalue weighted by atomic mass is 32.2. The molecule has 62 heavy (non-hydrogen) atoms. The second-order valence-corrected chi connectivity index (χ2v) is 38.8. The van der Waals surface area contributed by atoms with Crippen LogP contribution in [0.2, 0.25) is 51.4 Å². The highest BCUT2D eigenvalue weighted by Gasteiger charge is 2.61. The Morgan fingerprint density at radius 1 is 0.645 bits per heavy atom. The van der Waals surface area contributed by atoms with Gasteiger partial charge in [-0.15, -0.1) is 0 Å². The molecule has 2 fully saturated rings. The fraction of sp³-hybridized carbons (Fsp3) is 0.708. The molecule has 2 aromatic carbocycles. The summed E-state index contributed by atoms with van der Waals surface area (Å²) in [6.45, 7) is 21.8. The van der Waals surface area contributed by atoms with E-state index in [9.17, 15) is 27.4 Å². The topological polar surface area (TPSA) is 147 Å². The van der Waals surface area contributed by atoms with E-state index in [1.807, 2.05) is 23.9 Å². The van der Waals surface area contributed by atoms with Crippen molar-refractivity contribution in [1.29, 1.82) is 10.5 Å². The van der Waals surface area contributed by atoms with Crippen LogP contribution in [0.25, 0.3) is 0 Å². The van der Waals surface area contributed by atoms with Gasteiger partial charge in [0.05, 0.1) is 47.1 Å². The molecule has 0 N–H and O–H groups in total. The Morgan fingerprint density at radius 3 is 1.27 bits per heavy atom. The number of sulfone groups is 2. The van der Waals surface area contributed by atoms with Crippen molar-refractivity contribution in [2.45, 2.75) is 176 Å². The molecule has 0 aromatic heterocycles. The standard InChI is InChI=1S/2C24H36N2O3SSi/c2*1-23(2)22(29-23)18-10-8-12-24(16-30(27,28)13-14-31(4,5)6)20(15-25)26(3)19-11-7-9-17(18)21(19)24/h2*7,9,11,18,20,22H,8,10,12-14,16H2,1-6H3/t2*18-,20+,22+,24+/m00/s1. The maximum atomic E-state index is 13.4. The third kappa shape index (κ3) is 8.84. The quantitative estimate of drug-likeness (QED) is 0.149. The maximum absolute atomic E-state index is 13.4. The molecule has 4 aliphatic heterocycles. The minimum Gasteiger partial charge on any atom is -0.366 e. The molecule has 10 nitrogen and oxygen atoms in total. The van der Waals surface area contributed by atoms with Crippen LogP contribution < -0.4 is 9.80 Å². The number of rotatable bonds is 12. The zero-order chi connectivity index (χ0) is 45.6. The molecule has 8 atom stereocenters. The van der Waals surface area contributed by atoms with Gasteiger partial charge in [0.1, 0.15) is 12.1 Å². The van der Waals surface area contributed by atoms with Crippen molar-refractivity contribution in [3.63, 3.8) is 0 Å². The lowest BCUT2D eigenvalue weighted by molar-refractivity contribution is 0.307. The van der Waals surface area contributed by atoms with Crippen LogP contribution in [0, 0.1) is 22.7 Å². The van der Waals surface area contributed by atoms with Gasteiger partial charge in [0.15, 0.2) is 19.7 Å². The molecule has 0 unspecified atom stereocenters. The fourth-order valence-corrected chi connectivity index (χ4v) is 22.0. The van der Waals surface area contributed by atoms with Gasteiger partial charge in [0.25, 0.3) is 0 Å². The first-order chi connectivity index (χ1) is 28.6. The Balaban J connectivity index is 0.000000186. The lowest BCUT2D eigenvalue weighted by Gasteiger charge is -2.34. The summed E-state index contributed by atoms with van der Waals surface area (Å²) in [5.41, 5.74) is 5.06. The molecule has 2 aromatic rings. The number of likely N-dealkylation sites (N-methyl/N-ethyl adjacent to an activating group) is 2. The minimum absolute atomic E-state index is 0.0682. The second-order valence-electron chi connectivity index (χ2n) is 23.2. The molecule has 2 saturated heterocycles. The van der Waals surface area contributed by atoms with Crippen molar-refractivity contribution in [1.82, 2.24) is 0 Å². The van der Waals surface area contributed by atoms with Gasteiger partial charge in [-0.1, -0.05) is 76.4 Å². The normalized spacial score (nSPS) is 31.6. The van der Waals surface area contributed by atoms with Crippen LogP contribution in [0.4, 0.5) is 11.4 Å². The predicted octanol–water partition coefficient (Wildman–Crippen LogP) is 8.93. The number of nitriles is 2. The van der Waals surface area contributed by atoms with Crippen LogP contribution in [0.15, 0.2) is 36.4 Å². The van der Waals surface area contributed by atoms with Gasteiger partial charge in [-0.2, -0.15) is 10.5 Å². The summed E-state index contributed by atoms with van der Waals surface area (Å²) in [6, 6.07) is 18.1. The lowest BCUT2D eigenvalue weighted by Crippen LogP contribution is -2.47. The summed E-state index contributed by atoms with van der Waals surface area (Å²) < 4.78 is 65.8. The molecule has 2 aliphatic carbocycles. The van der Waals surface area contributed by atoms with E-state index in [1.54, 1.807) is 0 Å². The van der Waals surface area contributed by atoms with Crippen molar-refractivity contribution in [2.75, 3.05) is 46.9 Å². The van der Waals surface area contributed by atoms with Crippen molar-refractivity contribution in [3.8, 4) is 12.1 Å². The van der Waals surface area contributed by atoms with Crippen molar-refractivity contribution in [3.05, 3.63) is 58.7 Å². The molecule has 0 spiro atoms. The fourth-order valence-electron chi connectivity index (χ4n) is 11.9. The van der Waals surface area contributed by atoms with E-state index < -0.39 is 58.7 Å².